The molecule has 1 saturated carbocycles. The largest absolute Gasteiger partial charge is 0.391 e. The van der Waals surface area contributed by atoms with Crippen LogP contribution in [0.2, 0.25) is 0 Å². The smallest absolute Gasteiger partial charge is 0.271 e. The molecule has 2 rings (SSSR count). The van der Waals surface area contributed by atoms with Gasteiger partial charge in [0.1, 0.15) is 0 Å². The molecule has 1 aliphatic carbocycles. The summed E-state index contributed by atoms with van der Waals surface area (Å²) >= 11 is 0. The maximum Gasteiger partial charge on any atom is 0.391 e. The summed E-state index contributed by atoms with van der Waals surface area (Å²) in [5.74, 6) is 4.39. The molecule has 1 fully saturated rings. The summed E-state index contributed by atoms with van der Waals surface area (Å²) in [4.78, 5) is 0. The second-order valence-corrected chi connectivity index (χ2v) is 5.91. The third kappa shape index (κ3) is 3.98. The van der Waals surface area contributed by atoms with E-state index in [9.17, 15) is 13.2 Å². The summed E-state index contributed by atoms with van der Waals surface area (Å²) in [5, 5.41) is 0. The maximum atomic E-state index is 13.0. The number of benzene rings is 1. The first-order valence-electron chi connectivity index (χ1n) is 7.57. The number of nitrogens with two attached hydrogens (primary N) is 1. The van der Waals surface area contributed by atoms with Gasteiger partial charge in [0, 0.05) is 6.04 Å². The average molecular weight is 300 g/mol. The van der Waals surface area contributed by atoms with E-state index in [1.165, 1.54) is 5.56 Å². The van der Waals surface area contributed by atoms with Gasteiger partial charge in [-0.25, -0.2) is 0 Å². The lowest BCUT2D eigenvalue weighted by atomic mass is 9.75. The minimum absolute atomic E-state index is 0.0671. The van der Waals surface area contributed by atoms with E-state index in [2.05, 4.69) is 12.3 Å². The number of aryl methyl sites for hydroxylation is 1. The fourth-order valence-corrected chi connectivity index (χ4v) is 3.34. The van der Waals surface area contributed by atoms with Gasteiger partial charge in [-0.2, -0.15) is 13.2 Å². The van der Waals surface area contributed by atoms with Crippen LogP contribution >= 0.6 is 0 Å². The zero-order valence-electron chi connectivity index (χ0n) is 12.3. The highest BCUT2D eigenvalue weighted by molar-refractivity contribution is 5.26. The van der Waals surface area contributed by atoms with Crippen molar-refractivity contribution in [3.63, 3.8) is 0 Å². The highest BCUT2D eigenvalue weighted by Gasteiger charge is 2.43. The van der Waals surface area contributed by atoms with Crippen LogP contribution in [0.3, 0.4) is 0 Å². The van der Waals surface area contributed by atoms with E-state index in [1.54, 1.807) is 0 Å². The molecule has 0 amide bonds. The number of hydrogen-bond donors (Lipinski definition) is 2. The summed E-state index contributed by atoms with van der Waals surface area (Å²) in [5.41, 5.74) is 4.91. The van der Waals surface area contributed by atoms with Gasteiger partial charge >= 0.3 is 6.18 Å². The highest BCUT2D eigenvalue weighted by atomic mass is 19.4. The first-order valence-corrected chi connectivity index (χ1v) is 7.57. The lowest BCUT2D eigenvalue weighted by Gasteiger charge is -2.35. The van der Waals surface area contributed by atoms with E-state index in [0.717, 1.165) is 18.4 Å². The molecule has 1 aliphatic rings. The summed E-state index contributed by atoms with van der Waals surface area (Å²) in [6.45, 7) is 2.06. The zero-order valence-corrected chi connectivity index (χ0v) is 12.3. The fraction of sp³-hybridized carbons (Fsp3) is 0.625. The minimum atomic E-state index is -4.09. The Morgan fingerprint density at radius 1 is 1.33 bits per heavy atom. The predicted octanol–water partition coefficient (Wildman–Crippen LogP) is 4.12. The number of nitrogens with one attached hydrogen (secondary N) is 1. The quantitative estimate of drug-likeness (QED) is 0.648. The van der Waals surface area contributed by atoms with Crippen LogP contribution in [0.1, 0.15) is 49.8 Å². The SMILES string of the molecule is CCc1cccc(C(NN)C2CCCC(C(F)(F)F)C2)c1. The predicted molar refractivity (Wildman–Crippen MR) is 77.4 cm³/mol. The Hall–Kier alpha value is -1.07. The van der Waals surface area contributed by atoms with Crippen LogP contribution in [0.25, 0.3) is 0 Å². The molecule has 0 heterocycles. The highest BCUT2D eigenvalue weighted by Crippen LogP contribution is 2.43. The van der Waals surface area contributed by atoms with Gasteiger partial charge < -0.3 is 0 Å². The van der Waals surface area contributed by atoms with E-state index in [1.807, 2.05) is 24.3 Å². The van der Waals surface area contributed by atoms with E-state index >= 15 is 0 Å². The Morgan fingerprint density at radius 2 is 2.10 bits per heavy atom. The summed E-state index contributed by atoms with van der Waals surface area (Å²) in [7, 11) is 0. The van der Waals surface area contributed by atoms with Gasteiger partial charge in [-0.3, -0.25) is 11.3 Å². The summed E-state index contributed by atoms with van der Waals surface area (Å²) in [6, 6.07) is 7.75. The zero-order chi connectivity index (χ0) is 15.5. The molecule has 0 spiro atoms. The first-order chi connectivity index (χ1) is 9.95. The molecule has 5 heteroatoms. The number of rotatable bonds is 4. The van der Waals surface area contributed by atoms with Crippen LogP contribution in [-0.2, 0) is 6.42 Å². The van der Waals surface area contributed by atoms with Gasteiger partial charge in [0.25, 0.3) is 0 Å². The van der Waals surface area contributed by atoms with Crippen molar-refractivity contribution in [3.05, 3.63) is 35.4 Å². The Kier molecular flexibility index (Phi) is 5.27. The fourth-order valence-electron chi connectivity index (χ4n) is 3.34. The van der Waals surface area contributed by atoms with Crippen molar-refractivity contribution < 1.29 is 13.2 Å². The van der Waals surface area contributed by atoms with Crippen molar-refractivity contribution in [2.24, 2.45) is 17.7 Å². The van der Waals surface area contributed by atoms with Crippen LogP contribution in [0, 0.1) is 11.8 Å². The van der Waals surface area contributed by atoms with Crippen molar-refractivity contribution >= 4 is 0 Å². The number of alkyl halides is 3. The molecule has 118 valence electrons. The molecule has 3 atom stereocenters. The third-order valence-electron chi connectivity index (χ3n) is 4.55. The Labute approximate surface area is 123 Å². The van der Waals surface area contributed by atoms with Crippen LogP contribution in [0.4, 0.5) is 13.2 Å². The van der Waals surface area contributed by atoms with Crippen molar-refractivity contribution in [2.45, 2.75) is 51.2 Å². The van der Waals surface area contributed by atoms with Crippen LogP contribution in [0.15, 0.2) is 24.3 Å². The van der Waals surface area contributed by atoms with Crippen molar-refractivity contribution in [2.75, 3.05) is 0 Å². The molecule has 0 bridgehead atoms. The Morgan fingerprint density at radius 3 is 2.71 bits per heavy atom. The second-order valence-electron chi connectivity index (χ2n) is 5.91. The number of halogens is 3. The second kappa shape index (κ2) is 6.79. The molecule has 0 radical (unpaired) electrons. The molecular formula is C16H23F3N2. The molecule has 0 saturated heterocycles. The minimum Gasteiger partial charge on any atom is -0.271 e. The molecule has 1 aromatic carbocycles. The maximum absolute atomic E-state index is 13.0. The number of hydrogen-bond acceptors (Lipinski definition) is 2. The van der Waals surface area contributed by atoms with E-state index in [0.29, 0.717) is 6.42 Å². The van der Waals surface area contributed by atoms with Crippen LogP contribution in [0.5, 0.6) is 0 Å². The normalized spacial score (nSPS) is 24.8. The summed E-state index contributed by atoms with van der Waals surface area (Å²) < 4.78 is 38.9. The topological polar surface area (TPSA) is 38.0 Å². The van der Waals surface area contributed by atoms with E-state index < -0.39 is 12.1 Å². The van der Waals surface area contributed by atoms with E-state index in [4.69, 9.17) is 5.84 Å². The average Bonchev–Trinajstić information content (AvgIpc) is 2.48. The van der Waals surface area contributed by atoms with Crippen molar-refractivity contribution in [3.8, 4) is 0 Å². The van der Waals surface area contributed by atoms with Gasteiger partial charge in [0.2, 0.25) is 0 Å². The van der Waals surface area contributed by atoms with Gasteiger partial charge in [-0.1, -0.05) is 37.6 Å². The molecule has 3 N–H and O–H groups in total. The molecule has 21 heavy (non-hydrogen) atoms. The number of hydrazine groups is 1. The molecule has 1 aromatic rings. The van der Waals surface area contributed by atoms with Gasteiger partial charge in [0.15, 0.2) is 0 Å². The van der Waals surface area contributed by atoms with E-state index in [-0.39, 0.29) is 24.8 Å². The van der Waals surface area contributed by atoms with Crippen LogP contribution in [-0.4, -0.2) is 6.18 Å². The standard InChI is InChI=1S/C16H23F3N2/c1-2-11-5-3-6-12(9-11)15(21-20)13-7-4-8-14(10-13)16(17,18)19/h3,5-6,9,13-15,21H,2,4,7-8,10,20H2,1H3. The van der Waals surface area contributed by atoms with Crippen molar-refractivity contribution in [1.82, 2.24) is 5.43 Å². The molecule has 2 nitrogen and oxygen atoms in total. The molecule has 0 aromatic heterocycles. The molecular weight excluding hydrogens is 277 g/mol. The van der Waals surface area contributed by atoms with Gasteiger partial charge in [0.05, 0.1) is 5.92 Å². The lowest BCUT2D eigenvalue weighted by Crippen LogP contribution is -2.38. The van der Waals surface area contributed by atoms with Crippen molar-refractivity contribution in [1.29, 1.82) is 0 Å². The molecule has 0 aliphatic heterocycles. The summed E-state index contributed by atoms with van der Waals surface area (Å²) in [6.07, 6.45) is -1.39. The first kappa shape index (κ1) is 16.3. The molecule has 3 unspecified atom stereocenters. The Bertz CT molecular complexity index is 459. The monoisotopic (exact) mass is 300 g/mol. The van der Waals surface area contributed by atoms with Gasteiger partial charge in [-0.15, -0.1) is 0 Å². The Balaban J connectivity index is 2.16. The van der Waals surface area contributed by atoms with Gasteiger partial charge in [-0.05, 0) is 42.7 Å². The lowest BCUT2D eigenvalue weighted by molar-refractivity contribution is -0.186. The van der Waals surface area contributed by atoms with Crippen LogP contribution < -0.4 is 11.3 Å². The third-order valence-corrected chi connectivity index (χ3v) is 4.55.